The summed E-state index contributed by atoms with van der Waals surface area (Å²) >= 11 is 0. The fraction of sp³-hybridized carbons (Fsp3) is 0.500. The van der Waals surface area contributed by atoms with Crippen LogP contribution in [0.4, 0.5) is 0 Å². The summed E-state index contributed by atoms with van der Waals surface area (Å²) in [6, 6.07) is 3.87. The standard InChI is InChI=1S/C14H20N4O3S/c1-3-21-13-8-17-6-4-5-12(17)7-18(9-13)22(19,20)14-10-16(2)11-15-14/h4-6,10-11,13H,3,7-9H2,1-2H3/t13-/m0/s1. The van der Waals surface area contributed by atoms with E-state index in [-0.39, 0.29) is 11.1 Å². The smallest absolute Gasteiger partial charge is 0.262 e. The highest BCUT2D eigenvalue weighted by molar-refractivity contribution is 7.89. The van der Waals surface area contributed by atoms with Gasteiger partial charge in [0.2, 0.25) is 0 Å². The Kier molecular flexibility index (Phi) is 4.07. The summed E-state index contributed by atoms with van der Waals surface area (Å²) in [5.74, 6) is 0. The van der Waals surface area contributed by atoms with Crippen molar-refractivity contribution in [2.45, 2.75) is 31.1 Å². The minimum absolute atomic E-state index is 0.0743. The molecule has 2 aromatic rings. The highest BCUT2D eigenvalue weighted by Crippen LogP contribution is 2.21. The van der Waals surface area contributed by atoms with Crippen LogP contribution in [-0.4, -0.2) is 46.1 Å². The first-order valence-corrected chi connectivity index (χ1v) is 8.68. The van der Waals surface area contributed by atoms with Gasteiger partial charge in [-0.2, -0.15) is 4.31 Å². The third kappa shape index (κ3) is 2.81. The van der Waals surface area contributed by atoms with Gasteiger partial charge in [-0.1, -0.05) is 0 Å². The Labute approximate surface area is 130 Å². The Morgan fingerprint density at radius 2 is 2.23 bits per heavy atom. The van der Waals surface area contributed by atoms with Crippen LogP contribution in [0.15, 0.2) is 35.9 Å². The summed E-state index contributed by atoms with van der Waals surface area (Å²) in [4.78, 5) is 3.99. The van der Waals surface area contributed by atoms with Crippen molar-refractivity contribution in [1.29, 1.82) is 0 Å². The lowest BCUT2D eigenvalue weighted by molar-refractivity contribution is 0.0424. The first-order chi connectivity index (χ1) is 10.5. The Bertz CT molecular complexity index is 750. The monoisotopic (exact) mass is 324 g/mol. The maximum atomic E-state index is 12.8. The minimum atomic E-state index is -3.63. The fourth-order valence-corrected chi connectivity index (χ4v) is 4.11. The molecule has 3 rings (SSSR count). The van der Waals surface area contributed by atoms with Crippen LogP contribution in [0.5, 0.6) is 0 Å². The zero-order valence-electron chi connectivity index (χ0n) is 12.7. The Morgan fingerprint density at radius 3 is 2.91 bits per heavy atom. The van der Waals surface area contributed by atoms with Crippen molar-refractivity contribution in [3.8, 4) is 0 Å². The van der Waals surface area contributed by atoms with Gasteiger partial charge in [0.15, 0.2) is 5.03 Å². The first kappa shape index (κ1) is 15.3. The number of hydrogen-bond donors (Lipinski definition) is 0. The summed E-state index contributed by atoms with van der Waals surface area (Å²) in [6.45, 7) is 3.78. The maximum absolute atomic E-state index is 12.8. The normalized spacial score (nSPS) is 19.8. The average molecular weight is 324 g/mol. The molecule has 0 amide bonds. The van der Waals surface area contributed by atoms with E-state index >= 15 is 0 Å². The third-order valence-electron chi connectivity index (χ3n) is 3.76. The van der Waals surface area contributed by atoms with E-state index < -0.39 is 10.0 Å². The molecule has 0 aliphatic carbocycles. The predicted octanol–water partition coefficient (Wildman–Crippen LogP) is 0.831. The van der Waals surface area contributed by atoms with Gasteiger partial charge >= 0.3 is 0 Å². The summed E-state index contributed by atoms with van der Waals surface area (Å²) in [5, 5.41) is 0.0743. The minimum Gasteiger partial charge on any atom is -0.375 e. The predicted molar refractivity (Wildman–Crippen MR) is 80.6 cm³/mol. The summed E-state index contributed by atoms with van der Waals surface area (Å²) in [5.41, 5.74) is 0.960. The van der Waals surface area contributed by atoms with E-state index in [2.05, 4.69) is 4.98 Å². The van der Waals surface area contributed by atoms with Gasteiger partial charge in [0.05, 0.1) is 19.0 Å². The highest BCUT2D eigenvalue weighted by atomic mass is 32.2. The van der Waals surface area contributed by atoms with Crippen molar-refractivity contribution in [2.75, 3.05) is 13.2 Å². The van der Waals surface area contributed by atoms with Crippen LogP contribution in [0.1, 0.15) is 12.6 Å². The van der Waals surface area contributed by atoms with E-state index in [0.29, 0.717) is 26.2 Å². The van der Waals surface area contributed by atoms with E-state index in [0.717, 1.165) is 5.69 Å². The van der Waals surface area contributed by atoms with Gasteiger partial charge in [0, 0.05) is 44.8 Å². The van der Waals surface area contributed by atoms with Gasteiger partial charge < -0.3 is 13.9 Å². The maximum Gasteiger partial charge on any atom is 0.262 e. The van der Waals surface area contributed by atoms with Crippen molar-refractivity contribution in [1.82, 2.24) is 18.4 Å². The molecule has 0 N–H and O–H groups in total. The van der Waals surface area contributed by atoms with Crippen molar-refractivity contribution < 1.29 is 13.2 Å². The number of aromatic nitrogens is 3. The first-order valence-electron chi connectivity index (χ1n) is 7.24. The van der Waals surface area contributed by atoms with Crippen molar-refractivity contribution in [3.63, 3.8) is 0 Å². The number of aryl methyl sites for hydroxylation is 1. The van der Waals surface area contributed by atoms with E-state index in [9.17, 15) is 8.42 Å². The Hall–Kier alpha value is -1.64. The number of ether oxygens (including phenoxy) is 1. The van der Waals surface area contributed by atoms with Gasteiger partial charge in [-0.15, -0.1) is 0 Å². The van der Waals surface area contributed by atoms with Gasteiger partial charge in [-0.05, 0) is 19.1 Å². The van der Waals surface area contributed by atoms with E-state index in [1.165, 1.54) is 16.8 Å². The van der Waals surface area contributed by atoms with Crippen molar-refractivity contribution in [3.05, 3.63) is 36.5 Å². The number of fused-ring (bicyclic) bond motifs is 1. The molecule has 1 atom stereocenters. The molecule has 0 spiro atoms. The highest BCUT2D eigenvalue weighted by Gasteiger charge is 2.32. The largest absolute Gasteiger partial charge is 0.375 e. The molecule has 1 aliphatic heterocycles. The lowest BCUT2D eigenvalue weighted by atomic mass is 10.3. The molecule has 8 heteroatoms. The number of nitrogens with zero attached hydrogens (tertiary/aromatic N) is 4. The molecule has 0 unspecified atom stereocenters. The molecule has 0 bridgehead atoms. The summed E-state index contributed by atoms with van der Waals surface area (Å²) < 4.78 is 36.5. The van der Waals surface area contributed by atoms with Crippen LogP contribution < -0.4 is 0 Å². The number of imidazole rings is 1. The molecular weight excluding hydrogens is 304 g/mol. The van der Waals surface area contributed by atoms with Gasteiger partial charge in [-0.3, -0.25) is 0 Å². The SMILES string of the molecule is CCO[C@@H]1CN(S(=O)(=O)c2cn(C)cn2)Cc2cccn2C1. The number of sulfonamides is 1. The van der Waals surface area contributed by atoms with Crippen LogP contribution in [-0.2, 0) is 34.9 Å². The topological polar surface area (TPSA) is 69.4 Å². The van der Waals surface area contributed by atoms with Crippen molar-refractivity contribution in [2.24, 2.45) is 7.05 Å². The van der Waals surface area contributed by atoms with Crippen LogP contribution >= 0.6 is 0 Å². The molecular formula is C14H20N4O3S. The molecule has 0 aromatic carbocycles. The van der Waals surface area contributed by atoms with Crippen LogP contribution in [0.3, 0.4) is 0 Å². The van der Waals surface area contributed by atoms with Crippen molar-refractivity contribution >= 4 is 10.0 Å². The number of hydrogen-bond acceptors (Lipinski definition) is 4. The fourth-order valence-electron chi connectivity index (χ4n) is 2.70. The quantitative estimate of drug-likeness (QED) is 0.835. The van der Waals surface area contributed by atoms with Gasteiger partial charge in [-0.25, -0.2) is 13.4 Å². The molecule has 0 radical (unpaired) electrons. The summed E-state index contributed by atoms with van der Waals surface area (Å²) in [7, 11) is -1.88. The molecule has 22 heavy (non-hydrogen) atoms. The Balaban J connectivity index is 1.95. The molecule has 1 aliphatic rings. The molecule has 0 fully saturated rings. The molecule has 2 aromatic heterocycles. The van der Waals surface area contributed by atoms with Crippen LogP contribution in [0.25, 0.3) is 0 Å². The van der Waals surface area contributed by atoms with Gasteiger partial charge in [0.25, 0.3) is 10.0 Å². The van der Waals surface area contributed by atoms with Crippen LogP contribution in [0.2, 0.25) is 0 Å². The lowest BCUT2D eigenvalue weighted by Crippen LogP contribution is -2.37. The zero-order valence-corrected chi connectivity index (χ0v) is 13.5. The van der Waals surface area contributed by atoms with E-state index in [1.807, 2.05) is 29.8 Å². The van der Waals surface area contributed by atoms with Crippen LogP contribution in [0, 0.1) is 0 Å². The van der Waals surface area contributed by atoms with Gasteiger partial charge in [0.1, 0.15) is 0 Å². The van der Waals surface area contributed by atoms with E-state index in [1.54, 1.807) is 11.6 Å². The molecule has 3 heterocycles. The number of rotatable bonds is 4. The second kappa shape index (κ2) is 5.86. The Morgan fingerprint density at radius 1 is 1.41 bits per heavy atom. The van der Waals surface area contributed by atoms with E-state index in [4.69, 9.17) is 4.74 Å². The lowest BCUT2D eigenvalue weighted by Gasteiger charge is -2.22. The third-order valence-corrected chi connectivity index (χ3v) is 5.45. The second-order valence-electron chi connectivity index (χ2n) is 5.40. The zero-order chi connectivity index (χ0) is 15.7. The molecule has 0 saturated carbocycles. The molecule has 7 nitrogen and oxygen atoms in total. The molecule has 120 valence electrons. The average Bonchev–Trinajstić information content (AvgIpc) is 3.05. The summed E-state index contributed by atoms with van der Waals surface area (Å²) in [6.07, 6.45) is 4.80. The molecule has 0 saturated heterocycles. The second-order valence-corrected chi connectivity index (χ2v) is 7.29.